The van der Waals surface area contributed by atoms with Crippen LogP contribution >= 0.6 is 0 Å². The summed E-state index contributed by atoms with van der Waals surface area (Å²) in [5.74, 6) is -0.724. The largest absolute Gasteiger partial charge is 0.481 e. The predicted molar refractivity (Wildman–Crippen MR) is 97.5 cm³/mol. The molecule has 0 rings (SSSR count). The highest BCUT2D eigenvalue weighted by atomic mass is 16.4. The molecule has 0 aliphatic heterocycles. The van der Waals surface area contributed by atoms with Gasteiger partial charge in [0.1, 0.15) is 0 Å². The van der Waals surface area contributed by atoms with Gasteiger partial charge < -0.3 is 10.2 Å². The molecule has 1 unspecified atom stereocenters. The Morgan fingerprint density at radius 1 is 0.870 bits per heavy atom. The molecular formula is C20H34O3. The SMILES string of the molecule is CCCCCC=CCC(O)C=CCCCC=CCCCC(=O)O. The third-order valence-electron chi connectivity index (χ3n) is 3.55. The zero-order chi connectivity index (χ0) is 17.2. The molecule has 0 spiro atoms. The maximum absolute atomic E-state index is 10.3. The van der Waals surface area contributed by atoms with Crippen molar-refractivity contribution in [2.75, 3.05) is 0 Å². The van der Waals surface area contributed by atoms with E-state index in [0.29, 0.717) is 12.8 Å². The minimum absolute atomic E-state index is 0.248. The molecule has 132 valence electrons. The first-order chi connectivity index (χ1) is 11.2. The Morgan fingerprint density at radius 3 is 2.17 bits per heavy atom. The number of carboxylic acids is 1. The summed E-state index contributed by atoms with van der Waals surface area (Å²) < 4.78 is 0. The second kappa shape index (κ2) is 17.0. The van der Waals surface area contributed by atoms with Crippen molar-refractivity contribution in [1.29, 1.82) is 0 Å². The molecule has 0 aromatic heterocycles. The number of allylic oxidation sites excluding steroid dienone is 4. The van der Waals surface area contributed by atoms with Gasteiger partial charge in [0.2, 0.25) is 0 Å². The summed E-state index contributed by atoms with van der Waals surface area (Å²) in [4.78, 5) is 10.3. The molecule has 0 aliphatic rings. The number of rotatable bonds is 15. The highest BCUT2D eigenvalue weighted by Gasteiger charge is 1.94. The Kier molecular flexibility index (Phi) is 16.0. The van der Waals surface area contributed by atoms with Crippen LogP contribution in [0.3, 0.4) is 0 Å². The molecule has 0 saturated carbocycles. The highest BCUT2D eigenvalue weighted by Crippen LogP contribution is 2.04. The first-order valence-corrected chi connectivity index (χ1v) is 9.03. The molecule has 0 fully saturated rings. The zero-order valence-electron chi connectivity index (χ0n) is 14.6. The van der Waals surface area contributed by atoms with Crippen molar-refractivity contribution in [3.8, 4) is 0 Å². The average molecular weight is 322 g/mol. The van der Waals surface area contributed by atoms with Crippen LogP contribution in [0.15, 0.2) is 36.5 Å². The first kappa shape index (κ1) is 21.6. The third-order valence-corrected chi connectivity index (χ3v) is 3.55. The van der Waals surface area contributed by atoms with Crippen LogP contribution < -0.4 is 0 Å². The normalized spacial score (nSPS) is 13.5. The quantitative estimate of drug-likeness (QED) is 0.313. The van der Waals surface area contributed by atoms with Gasteiger partial charge in [-0.1, -0.05) is 56.2 Å². The van der Waals surface area contributed by atoms with Crippen molar-refractivity contribution in [2.45, 2.75) is 83.7 Å². The van der Waals surface area contributed by atoms with E-state index < -0.39 is 5.97 Å². The summed E-state index contributed by atoms with van der Waals surface area (Å²) >= 11 is 0. The Labute approximate surface area is 141 Å². The van der Waals surface area contributed by atoms with E-state index in [1.54, 1.807) is 0 Å². The zero-order valence-corrected chi connectivity index (χ0v) is 14.6. The van der Waals surface area contributed by atoms with Crippen LogP contribution in [0.1, 0.15) is 77.6 Å². The Hall–Kier alpha value is -1.35. The van der Waals surface area contributed by atoms with Crippen molar-refractivity contribution >= 4 is 5.97 Å². The predicted octanol–water partition coefficient (Wildman–Crippen LogP) is 5.41. The molecular weight excluding hydrogens is 288 g/mol. The van der Waals surface area contributed by atoms with Crippen molar-refractivity contribution in [3.05, 3.63) is 36.5 Å². The maximum Gasteiger partial charge on any atom is 0.303 e. The average Bonchev–Trinajstić information content (AvgIpc) is 2.52. The van der Waals surface area contributed by atoms with Gasteiger partial charge in [0, 0.05) is 6.42 Å². The maximum atomic E-state index is 10.3. The van der Waals surface area contributed by atoms with E-state index in [0.717, 1.165) is 32.1 Å². The summed E-state index contributed by atoms with van der Waals surface area (Å²) in [6.45, 7) is 2.20. The minimum Gasteiger partial charge on any atom is -0.481 e. The van der Waals surface area contributed by atoms with E-state index in [9.17, 15) is 9.90 Å². The fourth-order valence-electron chi connectivity index (χ4n) is 2.16. The molecule has 0 saturated heterocycles. The first-order valence-electron chi connectivity index (χ1n) is 9.03. The van der Waals surface area contributed by atoms with Crippen LogP contribution in [0.25, 0.3) is 0 Å². The number of hydrogen-bond donors (Lipinski definition) is 2. The molecule has 0 aliphatic carbocycles. The standard InChI is InChI=1S/C20H34O3/c1-2-3-4-5-10-13-16-19(21)17-14-11-8-6-7-9-12-15-18-20(22)23/h7,9-10,13-14,17,19,21H,2-6,8,11-12,15-16,18H2,1H3,(H,22,23). The van der Waals surface area contributed by atoms with Gasteiger partial charge in [-0.2, -0.15) is 0 Å². The monoisotopic (exact) mass is 322 g/mol. The van der Waals surface area contributed by atoms with Gasteiger partial charge in [-0.15, -0.1) is 0 Å². The number of unbranched alkanes of at least 4 members (excludes halogenated alkanes) is 6. The van der Waals surface area contributed by atoms with Gasteiger partial charge in [-0.05, 0) is 51.4 Å². The van der Waals surface area contributed by atoms with Gasteiger partial charge in [0.25, 0.3) is 0 Å². The van der Waals surface area contributed by atoms with Gasteiger partial charge in [0.05, 0.1) is 6.10 Å². The molecule has 3 nitrogen and oxygen atoms in total. The van der Waals surface area contributed by atoms with Crippen LogP contribution in [-0.4, -0.2) is 22.3 Å². The molecule has 0 aromatic carbocycles. The van der Waals surface area contributed by atoms with E-state index in [1.165, 1.54) is 19.3 Å². The second-order valence-corrected chi connectivity index (χ2v) is 5.89. The topological polar surface area (TPSA) is 57.5 Å². The Morgan fingerprint density at radius 2 is 1.48 bits per heavy atom. The van der Waals surface area contributed by atoms with Crippen molar-refractivity contribution < 1.29 is 15.0 Å². The fraction of sp³-hybridized carbons (Fsp3) is 0.650. The number of hydrogen-bond acceptors (Lipinski definition) is 2. The molecule has 3 heteroatoms. The summed E-state index contributed by atoms with van der Waals surface area (Å²) in [7, 11) is 0. The van der Waals surface area contributed by atoms with Crippen molar-refractivity contribution in [3.63, 3.8) is 0 Å². The lowest BCUT2D eigenvalue weighted by Gasteiger charge is -2.00. The van der Waals surface area contributed by atoms with Crippen LogP contribution in [0, 0.1) is 0 Å². The number of aliphatic hydroxyl groups excluding tert-OH is 1. The molecule has 0 bridgehead atoms. The van der Waals surface area contributed by atoms with Crippen LogP contribution in [0.4, 0.5) is 0 Å². The minimum atomic E-state index is -0.724. The van der Waals surface area contributed by atoms with Crippen LogP contribution in [0.5, 0.6) is 0 Å². The Balaban J connectivity index is 3.47. The van der Waals surface area contributed by atoms with Gasteiger partial charge in [-0.3, -0.25) is 4.79 Å². The summed E-state index contributed by atoms with van der Waals surface area (Å²) in [5.41, 5.74) is 0. The van der Waals surface area contributed by atoms with E-state index in [4.69, 9.17) is 5.11 Å². The summed E-state index contributed by atoms with van der Waals surface area (Å²) in [6.07, 6.45) is 22.4. The molecule has 23 heavy (non-hydrogen) atoms. The lowest BCUT2D eigenvalue weighted by molar-refractivity contribution is -0.137. The molecule has 0 amide bonds. The lowest BCUT2D eigenvalue weighted by Crippen LogP contribution is -1.99. The number of aliphatic carboxylic acids is 1. The van der Waals surface area contributed by atoms with Gasteiger partial charge >= 0.3 is 5.97 Å². The van der Waals surface area contributed by atoms with E-state index in [2.05, 4.69) is 31.2 Å². The summed E-state index contributed by atoms with van der Waals surface area (Å²) in [5, 5.41) is 18.3. The van der Waals surface area contributed by atoms with E-state index >= 15 is 0 Å². The number of carbonyl (C=O) groups is 1. The smallest absolute Gasteiger partial charge is 0.303 e. The second-order valence-electron chi connectivity index (χ2n) is 5.89. The van der Waals surface area contributed by atoms with Gasteiger partial charge in [0.15, 0.2) is 0 Å². The van der Waals surface area contributed by atoms with Crippen LogP contribution in [-0.2, 0) is 4.79 Å². The lowest BCUT2D eigenvalue weighted by atomic mass is 10.1. The molecule has 0 aromatic rings. The van der Waals surface area contributed by atoms with E-state index in [1.807, 2.05) is 12.2 Å². The molecule has 0 radical (unpaired) electrons. The van der Waals surface area contributed by atoms with Gasteiger partial charge in [-0.25, -0.2) is 0 Å². The molecule has 2 N–H and O–H groups in total. The fourth-order valence-corrected chi connectivity index (χ4v) is 2.16. The molecule has 1 atom stereocenters. The van der Waals surface area contributed by atoms with Crippen molar-refractivity contribution in [2.24, 2.45) is 0 Å². The Bertz CT molecular complexity index is 356. The third kappa shape index (κ3) is 18.6. The highest BCUT2D eigenvalue weighted by molar-refractivity contribution is 5.66. The number of aliphatic hydroxyl groups is 1. The number of carboxylic acid groups (broad SMARTS) is 1. The van der Waals surface area contributed by atoms with E-state index in [-0.39, 0.29) is 12.5 Å². The van der Waals surface area contributed by atoms with Crippen LogP contribution in [0.2, 0.25) is 0 Å². The van der Waals surface area contributed by atoms with Crippen molar-refractivity contribution in [1.82, 2.24) is 0 Å². The summed E-state index contributed by atoms with van der Waals surface area (Å²) in [6, 6.07) is 0. The molecule has 0 heterocycles.